The summed E-state index contributed by atoms with van der Waals surface area (Å²) in [5.74, 6) is -0.794. The number of aromatic amines is 1. The minimum Gasteiger partial charge on any atom is -0.444 e. The predicted octanol–water partition coefficient (Wildman–Crippen LogP) is 5.74. The van der Waals surface area contributed by atoms with Crippen molar-refractivity contribution in [3.8, 4) is 0 Å². The molecule has 2 atom stereocenters. The molecule has 10 nitrogen and oxygen atoms in total. The average Bonchev–Trinajstić information content (AvgIpc) is 3.66. The number of nitrogens with zero attached hydrogens (tertiary/aromatic N) is 1. The van der Waals surface area contributed by atoms with Crippen LogP contribution < -0.4 is 16.0 Å². The van der Waals surface area contributed by atoms with Crippen LogP contribution in [0.3, 0.4) is 0 Å². The second-order valence-corrected chi connectivity index (χ2v) is 12.7. The van der Waals surface area contributed by atoms with Crippen LogP contribution in [0.4, 0.5) is 10.5 Å². The van der Waals surface area contributed by atoms with Crippen molar-refractivity contribution in [2.24, 2.45) is 0 Å². The first kappa shape index (κ1) is 31.6. The number of carbonyl (C=O) groups is 4. The number of fused-ring (bicyclic) bond motifs is 1. The number of aryl methyl sites for hydroxylation is 1. The Balaban J connectivity index is 1.31. The van der Waals surface area contributed by atoms with E-state index in [0.717, 1.165) is 18.4 Å². The molecule has 0 saturated carbocycles. The van der Waals surface area contributed by atoms with Gasteiger partial charge in [-0.15, -0.1) is 0 Å². The van der Waals surface area contributed by atoms with Gasteiger partial charge in [-0.2, -0.15) is 0 Å². The molecule has 45 heavy (non-hydrogen) atoms. The molecule has 2 aromatic carbocycles. The number of rotatable bonds is 7. The number of ether oxygens (including phenoxy) is 1. The summed E-state index contributed by atoms with van der Waals surface area (Å²) in [6.45, 7) is 12.0. The summed E-state index contributed by atoms with van der Waals surface area (Å²) in [6.07, 6.45) is 2.97. The van der Waals surface area contributed by atoms with Crippen molar-refractivity contribution < 1.29 is 23.9 Å². The van der Waals surface area contributed by atoms with Crippen LogP contribution in [-0.2, 0) is 9.53 Å². The lowest BCUT2D eigenvalue weighted by molar-refractivity contribution is -0.110. The highest BCUT2D eigenvalue weighted by Gasteiger charge is 2.33. The fraction of sp³-hybridized carbons (Fsp3) is 0.371. The van der Waals surface area contributed by atoms with Gasteiger partial charge in [0.05, 0.1) is 23.2 Å². The van der Waals surface area contributed by atoms with E-state index < -0.39 is 5.60 Å². The van der Waals surface area contributed by atoms with Crippen LogP contribution in [-0.4, -0.2) is 58.4 Å². The zero-order chi connectivity index (χ0) is 32.5. The van der Waals surface area contributed by atoms with Crippen molar-refractivity contribution in [1.82, 2.24) is 20.5 Å². The van der Waals surface area contributed by atoms with E-state index >= 15 is 0 Å². The third-order valence-corrected chi connectivity index (χ3v) is 8.21. The first-order valence-corrected chi connectivity index (χ1v) is 15.3. The molecule has 3 aromatic rings. The quantitative estimate of drug-likeness (QED) is 0.253. The highest BCUT2D eigenvalue weighted by Crippen LogP contribution is 2.35. The Kier molecular flexibility index (Phi) is 8.86. The molecule has 1 aromatic heterocycles. The Morgan fingerprint density at radius 1 is 1.09 bits per heavy atom. The molecular formula is C35H41N5O5. The highest BCUT2D eigenvalue weighted by atomic mass is 16.6. The lowest BCUT2D eigenvalue weighted by Gasteiger charge is -2.28. The summed E-state index contributed by atoms with van der Waals surface area (Å²) in [5, 5.41) is 8.88. The maximum absolute atomic E-state index is 13.4. The Bertz CT molecular complexity index is 1670. The van der Waals surface area contributed by atoms with Gasteiger partial charge in [-0.25, -0.2) is 4.79 Å². The molecule has 0 bridgehead atoms. The summed E-state index contributed by atoms with van der Waals surface area (Å²) in [7, 11) is 0. The zero-order valence-corrected chi connectivity index (χ0v) is 26.7. The Morgan fingerprint density at radius 2 is 1.82 bits per heavy atom. The third-order valence-electron chi connectivity index (χ3n) is 8.21. The summed E-state index contributed by atoms with van der Waals surface area (Å²) in [5.41, 5.74) is 4.93. The van der Waals surface area contributed by atoms with Gasteiger partial charge in [-0.1, -0.05) is 30.3 Å². The molecule has 10 heteroatoms. The fourth-order valence-electron chi connectivity index (χ4n) is 5.89. The van der Waals surface area contributed by atoms with E-state index in [4.69, 9.17) is 4.74 Å². The Morgan fingerprint density at radius 3 is 2.53 bits per heavy atom. The lowest BCUT2D eigenvalue weighted by Crippen LogP contribution is -2.45. The molecule has 1 unspecified atom stereocenters. The molecule has 1 saturated heterocycles. The third kappa shape index (κ3) is 6.95. The average molecular weight is 612 g/mol. The molecule has 5 rings (SSSR count). The van der Waals surface area contributed by atoms with E-state index in [1.807, 2.05) is 71.9 Å². The summed E-state index contributed by atoms with van der Waals surface area (Å²) < 4.78 is 5.55. The molecule has 0 spiro atoms. The van der Waals surface area contributed by atoms with Crippen molar-refractivity contribution >= 4 is 41.2 Å². The summed E-state index contributed by atoms with van der Waals surface area (Å²) in [4.78, 5) is 57.1. The topological polar surface area (TPSA) is 133 Å². The highest BCUT2D eigenvalue weighted by molar-refractivity contribution is 6.35. The maximum Gasteiger partial charge on any atom is 0.410 e. The molecule has 4 N–H and O–H groups in total. The van der Waals surface area contributed by atoms with E-state index in [2.05, 4.69) is 20.9 Å². The number of H-pyrrole nitrogens is 1. The number of aromatic nitrogens is 1. The van der Waals surface area contributed by atoms with Crippen LogP contribution in [0.2, 0.25) is 0 Å². The molecule has 0 radical (unpaired) electrons. The minimum atomic E-state index is -0.594. The van der Waals surface area contributed by atoms with Crippen LogP contribution >= 0.6 is 0 Å². The molecule has 236 valence electrons. The van der Waals surface area contributed by atoms with Gasteiger partial charge in [-0.05, 0) is 89.8 Å². The second kappa shape index (κ2) is 12.6. The molecule has 1 fully saturated rings. The lowest BCUT2D eigenvalue weighted by atomic mass is 10.0. The van der Waals surface area contributed by atoms with Gasteiger partial charge >= 0.3 is 6.09 Å². The molecule has 4 amide bonds. The van der Waals surface area contributed by atoms with Gasteiger partial charge in [0.1, 0.15) is 5.60 Å². The predicted molar refractivity (Wildman–Crippen MR) is 174 cm³/mol. The SMILES string of the molecule is Cc1[nH]c(/C=C2\C(=O)Nc3ccc(C(=O)NC(C)c4ccccc4)cc32)c(C)c1C(=O)NC[C@@H]1CCCN1C(=O)OC(C)(C)C. The Labute approximate surface area is 263 Å². The smallest absolute Gasteiger partial charge is 0.410 e. The van der Waals surface area contributed by atoms with Crippen LogP contribution in [0, 0.1) is 13.8 Å². The number of likely N-dealkylation sites (tertiary alicyclic amines) is 1. The first-order chi connectivity index (χ1) is 21.3. The van der Waals surface area contributed by atoms with Crippen LogP contribution in [0.15, 0.2) is 48.5 Å². The first-order valence-electron chi connectivity index (χ1n) is 15.3. The zero-order valence-electron chi connectivity index (χ0n) is 26.7. The maximum atomic E-state index is 13.4. The number of hydrogen-bond donors (Lipinski definition) is 4. The van der Waals surface area contributed by atoms with Gasteiger partial charge in [0.2, 0.25) is 0 Å². The largest absolute Gasteiger partial charge is 0.444 e. The second-order valence-electron chi connectivity index (χ2n) is 12.7. The van der Waals surface area contributed by atoms with E-state index in [0.29, 0.717) is 58.0 Å². The number of amides is 4. The molecule has 2 aliphatic heterocycles. The monoisotopic (exact) mass is 611 g/mol. The van der Waals surface area contributed by atoms with E-state index in [-0.39, 0.29) is 35.9 Å². The standard InChI is InChI=1S/C35H41N5O5/c1-20-29(37-22(3)30(20)33(43)36-19-25-13-10-16-40(25)34(44)45-35(4,5)6)18-27-26-17-24(14-15-28(26)39-32(27)42)31(41)38-21(2)23-11-8-7-9-12-23/h7-9,11-12,14-15,17-18,21,25,37H,10,13,16,19H2,1-6H3,(H,36,43)(H,38,41)(H,39,42)/b27-18-/t21?,25-/m0/s1. The Hall–Kier alpha value is -4.86. The van der Waals surface area contributed by atoms with Gasteiger partial charge in [0.15, 0.2) is 0 Å². The van der Waals surface area contributed by atoms with Crippen LogP contribution in [0.5, 0.6) is 0 Å². The minimum absolute atomic E-state index is 0.147. The summed E-state index contributed by atoms with van der Waals surface area (Å²) >= 11 is 0. The molecule has 0 aliphatic carbocycles. The number of nitrogens with one attached hydrogen (secondary N) is 4. The molecule has 3 heterocycles. The van der Waals surface area contributed by atoms with Crippen molar-refractivity contribution in [2.45, 2.75) is 72.1 Å². The summed E-state index contributed by atoms with van der Waals surface area (Å²) in [6, 6.07) is 14.5. The van der Waals surface area contributed by atoms with Crippen LogP contribution in [0.25, 0.3) is 11.6 Å². The van der Waals surface area contributed by atoms with E-state index in [1.165, 1.54) is 0 Å². The van der Waals surface area contributed by atoms with Crippen molar-refractivity contribution in [2.75, 3.05) is 18.4 Å². The van der Waals surface area contributed by atoms with Gasteiger partial charge < -0.3 is 30.6 Å². The number of anilines is 1. The molecule has 2 aliphatic rings. The molecular weight excluding hydrogens is 570 g/mol. The fourth-order valence-corrected chi connectivity index (χ4v) is 5.89. The van der Waals surface area contributed by atoms with Crippen molar-refractivity contribution in [1.29, 1.82) is 0 Å². The number of hydrogen-bond acceptors (Lipinski definition) is 5. The van der Waals surface area contributed by atoms with Gasteiger partial charge in [0.25, 0.3) is 17.7 Å². The van der Waals surface area contributed by atoms with Crippen LogP contribution in [0.1, 0.15) is 95.4 Å². The number of benzene rings is 2. The number of carbonyl (C=O) groups excluding carboxylic acids is 4. The normalized spacial score (nSPS) is 17.6. The van der Waals surface area contributed by atoms with Crippen molar-refractivity contribution in [3.63, 3.8) is 0 Å². The van der Waals surface area contributed by atoms with Crippen molar-refractivity contribution in [3.05, 3.63) is 87.7 Å². The van der Waals surface area contributed by atoms with E-state index in [9.17, 15) is 19.2 Å². The van der Waals surface area contributed by atoms with Gasteiger partial charge in [-0.3, -0.25) is 14.4 Å². The van der Waals surface area contributed by atoms with Gasteiger partial charge in [0, 0.05) is 41.3 Å². The van der Waals surface area contributed by atoms with E-state index in [1.54, 1.807) is 29.2 Å².